The number of rotatable bonds is 1. The molecule has 0 aliphatic heterocycles. The third kappa shape index (κ3) is 2.41. The molecule has 0 saturated heterocycles. The molecule has 90 valence electrons. The highest BCUT2D eigenvalue weighted by Gasteiger charge is 2.27. The molecule has 0 fully saturated rings. The van der Waals surface area contributed by atoms with E-state index in [1.165, 1.54) is 6.92 Å². The van der Waals surface area contributed by atoms with Gasteiger partial charge in [-0.25, -0.2) is 18.2 Å². The van der Waals surface area contributed by atoms with Gasteiger partial charge in [0.05, 0.1) is 0 Å². The van der Waals surface area contributed by atoms with Crippen LogP contribution in [-0.4, -0.2) is 5.84 Å². The lowest BCUT2D eigenvalue weighted by atomic mass is 10.2. The fourth-order valence-corrected chi connectivity index (χ4v) is 0.912. The molecule has 0 radical (unpaired) electrons. The van der Waals surface area contributed by atoms with Crippen molar-refractivity contribution in [3.63, 3.8) is 0 Å². The molecule has 0 heterocycles. The van der Waals surface area contributed by atoms with Crippen LogP contribution in [0, 0.1) is 29.1 Å². The highest BCUT2D eigenvalue weighted by Crippen LogP contribution is 2.23. The molecule has 2 nitrogen and oxygen atoms in total. The summed E-state index contributed by atoms with van der Waals surface area (Å²) >= 11 is 0. The first-order chi connectivity index (χ1) is 6.86. The molecule has 1 aromatic rings. The lowest BCUT2D eigenvalue weighted by Gasteiger charge is -2.01. The van der Waals surface area contributed by atoms with Crippen LogP contribution < -0.4 is 23.1 Å². The number of hydrogen-bond acceptors (Lipinski definition) is 0. The van der Waals surface area contributed by atoms with E-state index in [0.717, 1.165) is 0 Å². The highest BCUT2D eigenvalue weighted by atomic mass is 35.5. The summed E-state index contributed by atoms with van der Waals surface area (Å²) < 4.78 is 63.6. The molecule has 0 amide bonds. The lowest BCUT2D eigenvalue weighted by Crippen LogP contribution is -3.00. The first-order valence-corrected chi connectivity index (χ1v) is 3.73. The van der Waals surface area contributed by atoms with Crippen molar-refractivity contribution in [2.24, 2.45) is 5.73 Å². The maximum Gasteiger partial charge on any atom is 0.242 e. The zero-order chi connectivity index (χ0) is 11.7. The normalized spacial score (nSPS) is 11.2. The molecular formula is C8H6ClF5N2. The van der Waals surface area contributed by atoms with Crippen molar-refractivity contribution in [2.75, 3.05) is 0 Å². The van der Waals surface area contributed by atoms with Crippen molar-refractivity contribution in [3.8, 4) is 0 Å². The summed E-state index contributed by atoms with van der Waals surface area (Å²) in [7, 11) is 0. The van der Waals surface area contributed by atoms with Gasteiger partial charge in [-0.15, -0.1) is 0 Å². The summed E-state index contributed by atoms with van der Waals surface area (Å²) in [4.78, 5) is 1.85. The second-order valence-corrected chi connectivity index (χ2v) is 2.75. The molecule has 8 heteroatoms. The zero-order valence-corrected chi connectivity index (χ0v) is 8.60. The lowest BCUT2D eigenvalue weighted by molar-refractivity contribution is -0.362. The summed E-state index contributed by atoms with van der Waals surface area (Å²) in [5, 5.41) is 0. The Bertz CT molecular complexity index is 414. The van der Waals surface area contributed by atoms with Gasteiger partial charge in [-0.3, -0.25) is 5.73 Å². The molecule has 0 spiro atoms. The maximum atomic E-state index is 12.9. The number of hydrogen-bond donors (Lipinski definition) is 2. The van der Waals surface area contributed by atoms with E-state index in [2.05, 4.69) is 0 Å². The van der Waals surface area contributed by atoms with Gasteiger partial charge in [0.25, 0.3) is 0 Å². The topological polar surface area (TPSA) is 40.0 Å². The van der Waals surface area contributed by atoms with Crippen LogP contribution in [0.1, 0.15) is 6.92 Å². The Labute approximate surface area is 93.4 Å². The summed E-state index contributed by atoms with van der Waals surface area (Å²) in [5.41, 5.74) is 3.87. The van der Waals surface area contributed by atoms with Gasteiger partial charge in [0.1, 0.15) is 0 Å². The Morgan fingerprint density at radius 1 is 0.875 bits per heavy atom. The van der Waals surface area contributed by atoms with E-state index in [0.29, 0.717) is 0 Å². The number of halogens is 6. The van der Waals surface area contributed by atoms with Crippen LogP contribution in [0.15, 0.2) is 0 Å². The van der Waals surface area contributed by atoms with E-state index in [9.17, 15) is 22.0 Å². The fraction of sp³-hybridized carbons (Fsp3) is 0.125. The van der Waals surface area contributed by atoms with E-state index in [1.807, 2.05) is 4.99 Å². The molecule has 1 rings (SSSR count). The Hall–Kier alpha value is -1.37. The second-order valence-electron chi connectivity index (χ2n) is 2.75. The molecule has 0 unspecified atom stereocenters. The standard InChI is InChI=1S/C8H5F5N2.ClH/c1-2(14)15-8-6(12)4(10)3(9)5(11)7(8)13;/h1H3,(H2,14,15);1H. The van der Waals surface area contributed by atoms with Gasteiger partial charge in [0.15, 0.2) is 0 Å². The summed E-state index contributed by atoms with van der Waals surface area (Å²) in [6.45, 7) is 1.21. The molecule has 0 atom stereocenters. The van der Waals surface area contributed by atoms with Gasteiger partial charge in [0, 0.05) is 6.92 Å². The predicted molar refractivity (Wildman–Crippen MR) is 41.7 cm³/mol. The van der Waals surface area contributed by atoms with Gasteiger partial charge in [-0.2, -0.15) is 8.78 Å². The smallest absolute Gasteiger partial charge is 0.242 e. The van der Waals surface area contributed by atoms with E-state index in [-0.39, 0.29) is 18.2 Å². The van der Waals surface area contributed by atoms with Crippen molar-refractivity contribution in [1.29, 1.82) is 0 Å². The van der Waals surface area contributed by atoms with Crippen LogP contribution in [0.2, 0.25) is 0 Å². The molecule has 3 N–H and O–H groups in total. The minimum atomic E-state index is -2.20. The molecule has 0 aromatic heterocycles. The maximum absolute atomic E-state index is 12.9. The predicted octanol–water partition coefficient (Wildman–Crippen LogP) is -2.52. The van der Waals surface area contributed by atoms with E-state index in [1.54, 1.807) is 0 Å². The summed E-state index contributed by atoms with van der Waals surface area (Å²) in [5.74, 6) is -10.3. The van der Waals surface area contributed by atoms with Crippen LogP contribution in [0.3, 0.4) is 0 Å². The minimum Gasteiger partial charge on any atom is -1.00 e. The van der Waals surface area contributed by atoms with E-state index >= 15 is 0 Å². The highest BCUT2D eigenvalue weighted by molar-refractivity contribution is 5.72. The Balaban J connectivity index is 0.00000225. The summed E-state index contributed by atoms with van der Waals surface area (Å²) in [6.07, 6.45) is 0. The number of amidine groups is 1. The van der Waals surface area contributed by atoms with E-state index < -0.39 is 34.8 Å². The third-order valence-corrected chi connectivity index (χ3v) is 1.53. The molecule has 0 aliphatic carbocycles. The average molecular weight is 261 g/mol. The minimum absolute atomic E-state index is 0. The Kier molecular flexibility index (Phi) is 4.67. The van der Waals surface area contributed by atoms with Crippen LogP contribution in [0.25, 0.3) is 0 Å². The van der Waals surface area contributed by atoms with Crippen molar-refractivity contribution < 1.29 is 39.4 Å². The number of benzene rings is 1. The molecule has 0 bridgehead atoms. The largest absolute Gasteiger partial charge is 1.00 e. The first-order valence-electron chi connectivity index (χ1n) is 3.73. The molecule has 0 aliphatic rings. The molecule has 16 heavy (non-hydrogen) atoms. The van der Waals surface area contributed by atoms with Crippen LogP contribution in [0.5, 0.6) is 0 Å². The fourth-order valence-electron chi connectivity index (χ4n) is 0.912. The average Bonchev–Trinajstić information content (AvgIpc) is 2.18. The van der Waals surface area contributed by atoms with Crippen molar-refractivity contribution in [3.05, 3.63) is 29.1 Å². The van der Waals surface area contributed by atoms with Crippen molar-refractivity contribution in [2.45, 2.75) is 6.92 Å². The molecule has 1 aromatic carbocycles. The van der Waals surface area contributed by atoms with Crippen molar-refractivity contribution >= 4 is 11.5 Å². The van der Waals surface area contributed by atoms with Gasteiger partial charge >= 0.3 is 0 Å². The second kappa shape index (κ2) is 5.11. The van der Waals surface area contributed by atoms with Crippen LogP contribution >= 0.6 is 0 Å². The van der Waals surface area contributed by atoms with Crippen LogP contribution in [-0.2, 0) is 0 Å². The summed E-state index contributed by atoms with van der Waals surface area (Å²) in [6, 6.07) is 0. The van der Waals surface area contributed by atoms with Gasteiger partial charge in [-0.1, -0.05) is 0 Å². The zero-order valence-electron chi connectivity index (χ0n) is 7.85. The first kappa shape index (κ1) is 14.6. The molecule has 0 saturated carbocycles. The van der Waals surface area contributed by atoms with Gasteiger partial charge in [-0.05, 0) is 0 Å². The Morgan fingerprint density at radius 2 is 1.19 bits per heavy atom. The quantitative estimate of drug-likeness (QED) is 0.189. The SMILES string of the molecule is CC(N)=[NH+]c1c(F)c(F)c(F)c(F)c1F.[Cl-]. The monoisotopic (exact) mass is 260 g/mol. The van der Waals surface area contributed by atoms with Gasteiger partial charge in [0.2, 0.25) is 40.6 Å². The van der Waals surface area contributed by atoms with Gasteiger partial charge < -0.3 is 12.4 Å². The van der Waals surface area contributed by atoms with Crippen molar-refractivity contribution in [1.82, 2.24) is 0 Å². The van der Waals surface area contributed by atoms with Crippen LogP contribution in [0.4, 0.5) is 27.6 Å². The van der Waals surface area contributed by atoms with E-state index in [4.69, 9.17) is 5.73 Å². The molecular weight excluding hydrogens is 255 g/mol. The number of nitrogens with two attached hydrogens (primary N) is 1. The number of nitrogens with one attached hydrogen (secondary N) is 1. The third-order valence-electron chi connectivity index (χ3n) is 1.53. The Morgan fingerprint density at radius 3 is 1.50 bits per heavy atom.